The Morgan fingerprint density at radius 2 is 1.15 bits per heavy atom. The molecule has 0 amide bonds. The summed E-state index contributed by atoms with van der Waals surface area (Å²) in [7, 11) is 0. The lowest BCUT2D eigenvalue weighted by molar-refractivity contribution is 0.247. The number of hydrogen-bond donors (Lipinski definition) is 0. The maximum absolute atomic E-state index is 5.84. The number of benzene rings is 1. The molecule has 0 bridgehead atoms. The summed E-state index contributed by atoms with van der Waals surface area (Å²) in [5.41, 5.74) is 1.84. The van der Waals surface area contributed by atoms with E-state index in [-0.39, 0.29) is 0 Å². The predicted molar refractivity (Wildman–Crippen MR) is 105 cm³/mol. The van der Waals surface area contributed by atoms with Crippen LogP contribution in [0.25, 0.3) is 0 Å². The van der Waals surface area contributed by atoms with Crippen LogP contribution in [0.5, 0.6) is 11.5 Å². The van der Waals surface area contributed by atoms with E-state index in [1.54, 1.807) is 24.8 Å². The van der Waals surface area contributed by atoms with Crippen LogP contribution in [0.2, 0.25) is 0 Å². The van der Waals surface area contributed by atoms with Gasteiger partial charge in [-0.3, -0.25) is 0 Å². The van der Waals surface area contributed by atoms with E-state index in [1.807, 2.05) is 48.5 Å². The second-order valence-electron chi connectivity index (χ2n) is 5.85. The van der Waals surface area contributed by atoms with Gasteiger partial charge >= 0.3 is 0 Å². The molecule has 134 valence electrons. The third kappa shape index (κ3) is 4.17. The Balaban J connectivity index is 1.74. The summed E-state index contributed by atoms with van der Waals surface area (Å²) in [6.07, 6.45) is 7.66. The molecule has 1 aliphatic heterocycles. The van der Waals surface area contributed by atoms with E-state index < -0.39 is 0 Å². The van der Waals surface area contributed by atoms with Crippen LogP contribution in [0, 0.1) is 0 Å². The zero-order valence-electron chi connectivity index (χ0n) is 14.7. The second-order valence-corrected chi connectivity index (χ2v) is 5.85. The van der Waals surface area contributed by atoms with Crippen LogP contribution >= 0.6 is 0 Å². The van der Waals surface area contributed by atoms with Gasteiger partial charge in [0, 0.05) is 42.4 Å². The number of fused-ring (bicyclic) bond motifs is 3. The number of aromatic nitrogens is 2. The van der Waals surface area contributed by atoms with Crippen LogP contribution in [0.3, 0.4) is 0 Å². The molecule has 1 aliphatic rings. The molecule has 0 saturated carbocycles. The monoisotopic (exact) mass is 358 g/mol. The van der Waals surface area contributed by atoms with Crippen LogP contribution in [0.4, 0.5) is 11.6 Å². The van der Waals surface area contributed by atoms with E-state index >= 15 is 0 Å². The normalized spacial score (nSPS) is 16.1. The van der Waals surface area contributed by atoms with Gasteiger partial charge < -0.3 is 9.47 Å². The van der Waals surface area contributed by atoms with Gasteiger partial charge in [0.2, 0.25) is 0 Å². The van der Waals surface area contributed by atoms with Gasteiger partial charge in [-0.2, -0.15) is 0 Å². The van der Waals surface area contributed by atoms with E-state index in [0.29, 0.717) is 36.3 Å². The summed E-state index contributed by atoms with van der Waals surface area (Å²) in [5.74, 6) is 2.39. The first-order chi connectivity index (χ1) is 13.4. The van der Waals surface area contributed by atoms with Crippen molar-refractivity contribution in [2.24, 2.45) is 9.98 Å². The molecule has 1 aromatic carbocycles. The SMILES string of the molecule is C1=N/c2ncccc2OCCCOc2cccnc2/N=C/c2ccccc2/1. The fourth-order valence-electron chi connectivity index (χ4n) is 2.61. The Labute approximate surface area is 157 Å². The summed E-state index contributed by atoms with van der Waals surface area (Å²) < 4.78 is 11.7. The summed E-state index contributed by atoms with van der Waals surface area (Å²) in [6, 6.07) is 15.3. The topological polar surface area (TPSA) is 69.0 Å². The lowest BCUT2D eigenvalue weighted by Gasteiger charge is -2.09. The molecule has 4 rings (SSSR count). The Morgan fingerprint density at radius 3 is 1.67 bits per heavy atom. The lowest BCUT2D eigenvalue weighted by Crippen LogP contribution is -2.05. The van der Waals surface area contributed by atoms with Gasteiger partial charge in [0.25, 0.3) is 0 Å². The van der Waals surface area contributed by atoms with Gasteiger partial charge in [0.05, 0.1) is 13.2 Å². The standard InChI is InChI=1S/C21H18N4O2/c1-2-7-17-15-25-21-19(9-4-11-23-21)27-13-5-12-26-18-8-3-10-22-20(18)24-14-16(17)6-1/h1-4,6-11,14-15H,5,12-13H2/b24-14+,25-15+. The van der Waals surface area contributed by atoms with E-state index in [4.69, 9.17) is 9.47 Å². The van der Waals surface area contributed by atoms with Crippen LogP contribution in [0.1, 0.15) is 17.5 Å². The molecule has 27 heavy (non-hydrogen) atoms. The molecule has 0 radical (unpaired) electrons. The Hall–Kier alpha value is -3.54. The van der Waals surface area contributed by atoms with Crippen LogP contribution < -0.4 is 9.47 Å². The maximum Gasteiger partial charge on any atom is 0.194 e. The van der Waals surface area contributed by atoms with Crippen molar-refractivity contribution in [3.63, 3.8) is 0 Å². The molecule has 0 unspecified atom stereocenters. The largest absolute Gasteiger partial charge is 0.489 e. The lowest BCUT2D eigenvalue weighted by atomic mass is 10.1. The van der Waals surface area contributed by atoms with Crippen molar-refractivity contribution in [2.75, 3.05) is 13.2 Å². The Bertz CT molecular complexity index is 907. The summed E-state index contributed by atoms with van der Waals surface area (Å²) in [5, 5.41) is 0. The first-order valence-electron chi connectivity index (χ1n) is 8.73. The fraction of sp³-hybridized carbons (Fsp3) is 0.143. The molecule has 0 atom stereocenters. The van der Waals surface area contributed by atoms with Gasteiger partial charge in [-0.1, -0.05) is 24.3 Å². The van der Waals surface area contributed by atoms with Crippen molar-refractivity contribution in [2.45, 2.75) is 6.42 Å². The van der Waals surface area contributed by atoms with E-state index in [1.165, 1.54) is 0 Å². The molecule has 0 saturated heterocycles. The highest BCUT2D eigenvalue weighted by molar-refractivity contribution is 5.95. The molecular weight excluding hydrogens is 340 g/mol. The first kappa shape index (κ1) is 16.9. The van der Waals surface area contributed by atoms with E-state index in [0.717, 1.165) is 17.5 Å². The van der Waals surface area contributed by atoms with E-state index in [2.05, 4.69) is 20.0 Å². The van der Waals surface area contributed by atoms with Gasteiger partial charge in [-0.05, 0) is 24.3 Å². The third-order valence-corrected chi connectivity index (χ3v) is 3.95. The third-order valence-electron chi connectivity index (χ3n) is 3.95. The van der Waals surface area contributed by atoms with Crippen molar-refractivity contribution in [3.8, 4) is 11.5 Å². The highest BCUT2D eigenvalue weighted by Gasteiger charge is 2.07. The molecule has 2 aromatic heterocycles. The zero-order valence-corrected chi connectivity index (χ0v) is 14.7. The zero-order chi connectivity index (χ0) is 18.3. The summed E-state index contributed by atoms with van der Waals surface area (Å²) >= 11 is 0. The molecule has 6 nitrogen and oxygen atoms in total. The first-order valence-corrected chi connectivity index (χ1v) is 8.73. The molecule has 0 N–H and O–H groups in total. The van der Waals surface area contributed by atoms with Crippen molar-refractivity contribution in [1.29, 1.82) is 0 Å². The second kappa shape index (κ2) is 8.23. The molecule has 6 heteroatoms. The smallest absolute Gasteiger partial charge is 0.194 e. The number of hydrogen-bond acceptors (Lipinski definition) is 6. The van der Waals surface area contributed by atoms with Crippen LogP contribution in [0.15, 0.2) is 70.9 Å². The highest BCUT2D eigenvalue weighted by Crippen LogP contribution is 2.26. The van der Waals surface area contributed by atoms with Crippen LogP contribution in [-0.4, -0.2) is 35.6 Å². The van der Waals surface area contributed by atoms with Crippen molar-refractivity contribution >= 4 is 24.1 Å². The Kier molecular flexibility index (Phi) is 5.15. The minimum Gasteiger partial charge on any atom is -0.489 e. The highest BCUT2D eigenvalue weighted by atomic mass is 16.5. The number of pyridine rings is 2. The molecule has 0 spiro atoms. The van der Waals surface area contributed by atoms with Crippen molar-refractivity contribution < 1.29 is 9.47 Å². The van der Waals surface area contributed by atoms with Crippen molar-refractivity contribution in [3.05, 3.63) is 72.1 Å². The predicted octanol–water partition coefficient (Wildman–Crippen LogP) is 4.14. The molecule has 3 heterocycles. The summed E-state index contributed by atoms with van der Waals surface area (Å²) in [4.78, 5) is 17.7. The number of nitrogens with zero attached hydrogens (tertiary/aromatic N) is 4. The molecular formula is C21H18N4O2. The minimum atomic E-state index is 0.504. The maximum atomic E-state index is 5.84. The quantitative estimate of drug-likeness (QED) is 0.606. The Morgan fingerprint density at radius 1 is 0.630 bits per heavy atom. The molecule has 3 aromatic rings. The van der Waals surface area contributed by atoms with Gasteiger partial charge in [0.15, 0.2) is 23.1 Å². The van der Waals surface area contributed by atoms with Crippen LogP contribution in [-0.2, 0) is 0 Å². The van der Waals surface area contributed by atoms with E-state index in [9.17, 15) is 0 Å². The number of rotatable bonds is 0. The average molecular weight is 358 g/mol. The van der Waals surface area contributed by atoms with Crippen molar-refractivity contribution in [1.82, 2.24) is 9.97 Å². The van der Waals surface area contributed by atoms with Gasteiger partial charge in [0.1, 0.15) is 0 Å². The minimum absolute atomic E-state index is 0.504. The fourth-order valence-corrected chi connectivity index (χ4v) is 2.61. The van der Waals surface area contributed by atoms with Gasteiger partial charge in [-0.25, -0.2) is 20.0 Å². The molecule has 0 aliphatic carbocycles. The summed E-state index contributed by atoms with van der Waals surface area (Å²) in [6.45, 7) is 1.01. The molecule has 0 fully saturated rings. The average Bonchev–Trinajstić information content (AvgIpc) is 2.72. The number of ether oxygens (including phenoxy) is 2. The van der Waals surface area contributed by atoms with Gasteiger partial charge in [-0.15, -0.1) is 0 Å². The number of aliphatic imine (C=N–C) groups is 2.